The minimum Gasteiger partial charge on any atom is -0.381 e. The van der Waals surface area contributed by atoms with Crippen molar-refractivity contribution in [1.29, 1.82) is 0 Å². The first-order chi connectivity index (χ1) is 12.2. The van der Waals surface area contributed by atoms with Gasteiger partial charge in [0.25, 0.3) is 5.91 Å². The number of imidazole rings is 1. The van der Waals surface area contributed by atoms with Crippen LogP contribution in [0.1, 0.15) is 41.5 Å². The van der Waals surface area contributed by atoms with Gasteiger partial charge in [-0.1, -0.05) is 5.16 Å². The number of amides is 1. The van der Waals surface area contributed by atoms with Crippen molar-refractivity contribution >= 4 is 5.91 Å². The van der Waals surface area contributed by atoms with E-state index in [1.165, 1.54) is 6.20 Å². The minimum absolute atomic E-state index is 0.219. The molecule has 1 fully saturated rings. The highest BCUT2D eigenvalue weighted by Crippen LogP contribution is 2.27. The molecule has 0 aliphatic carbocycles. The monoisotopic (exact) mass is 345 g/mol. The molecule has 0 saturated carbocycles. The molecule has 2 aromatic heterocycles. The van der Waals surface area contributed by atoms with E-state index in [-0.39, 0.29) is 17.7 Å². The lowest BCUT2D eigenvalue weighted by molar-refractivity contribution is 0.0912. The van der Waals surface area contributed by atoms with Crippen molar-refractivity contribution in [2.24, 2.45) is 5.92 Å². The second kappa shape index (κ2) is 6.97. The van der Waals surface area contributed by atoms with Crippen molar-refractivity contribution in [3.8, 4) is 0 Å². The second-order valence-corrected chi connectivity index (χ2v) is 6.72. The quantitative estimate of drug-likeness (QED) is 0.877. The molecular formula is C17H23N5O3. The van der Waals surface area contributed by atoms with Crippen LogP contribution in [0.3, 0.4) is 0 Å². The fourth-order valence-corrected chi connectivity index (χ4v) is 3.64. The molecule has 1 amide bonds. The largest absolute Gasteiger partial charge is 0.381 e. The Hall–Kier alpha value is -2.19. The zero-order valence-corrected chi connectivity index (χ0v) is 14.4. The van der Waals surface area contributed by atoms with Gasteiger partial charge >= 0.3 is 0 Å². The predicted molar refractivity (Wildman–Crippen MR) is 88.8 cm³/mol. The first-order valence-electron chi connectivity index (χ1n) is 8.77. The van der Waals surface area contributed by atoms with Crippen molar-refractivity contribution in [3.63, 3.8) is 0 Å². The van der Waals surface area contributed by atoms with E-state index >= 15 is 0 Å². The Bertz CT molecular complexity index is 721. The summed E-state index contributed by atoms with van der Waals surface area (Å²) in [4.78, 5) is 19.1. The fourth-order valence-electron chi connectivity index (χ4n) is 3.64. The molecule has 2 aromatic rings. The van der Waals surface area contributed by atoms with Crippen molar-refractivity contribution in [2.75, 3.05) is 26.3 Å². The molecule has 2 atom stereocenters. The van der Waals surface area contributed by atoms with Gasteiger partial charge < -0.3 is 19.1 Å². The predicted octanol–water partition coefficient (Wildman–Crippen LogP) is 1.21. The molecule has 2 aliphatic heterocycles. The average molecular weight is 345 g/mol. The number of carbonyl (C=O) groups is 1. The number of carbonyl (C=O) groups excluding carboxylic acids is 1. The molecule has 0 aromatic carbocycles. The highest BCUT2D eigenvalue weighted by molar-refractivity contribution is 5.91. The smallest absolute Gasteiger partial charge is 0.290 e. The maximum Gasteiger partial charge on any atom is 0.290 e. The number of nitrogens with zero attached hydrogens (tertiary/aromatic N) is 4. The van der Waals surface area contributed by atoms with E-state index in [9.17, 15) is 4.79 Å². The zero-order chi connectivity index (χ0) is 17.2. The maximum absolute atomic E-state index is 12.0. The first-order valence-corrected chi connectivity index (χ1v) is 8.77. The molecule has 0 radical (unpaired) electrons. The lowest BCUT2D eigenvalue weighted by Gasteiger charge is -2.35. The van der Waals surface area contributed by atoms with Gasteiger partial charge in [-0.25, -0.2) is 4.98 Å². The van der Waals surface area contributed by atoms with E-state index in [2.05, 4.69) is 31.8 Å². The number of hydrogen-bond acceptors (Lipinski definition) is 6. The van der Waals surface area contributed by atoms with E-state index in [1.54, 1.807) is 6.07 Å². The summed E-state index contributed by atoms with van der Waals surface area (Å²) >= 11 is 0. The Labute approximate surface area is 146 Å². The summed E-state index contributed by atoms with van der Waals surface area (Å²) in [6.07, 6.45) is 4.46. The third kappa shape index (κ3) is 3.32. The van der Waals surface area contributed by atoms with Crippen LogP contribution in [0.2, 0.25) is 0 Å². The summed E-state index contributed by atoms with van der Waals surface area (Å²) in [6.45, 7) is 7.32. The van der Waals surface area contributed by atoms with Gasteiger partial charge in [0.05, 0.1) is 37.3 Å². The summed E-state index contributed by atoms with van der Waals surface area (Å²) < 4.78 is 12.6. The van der Waals surface area contributed by atoms with Crippen molar-refractivity contribution < 1.29 is 14.1 Å². The molecule has 1 N–H and O–H groups in total. The lowest BCUT2D eigenvalue weighted by Crippen LogP contribution is -2.40. The molecule has 2 aliphatic rings. The van der Waals surface area contributed by atoms with Crippen molar-refractivity contribution in [3.05, 3.63) is 35.7 Å². The van der Waals surface area contributed by atoms with Crippen LogP contribution in [-0.2, 0) is 17.8 Å². The van der Waals surface area contributed by atoms with Gasteiger partial charge in [-0.3, -0.25) is 9.69 Å². The van der Waals surface area contributed by atoms with E-state index in [4.69, 9.17) is 9.26 Å². The van der Waals surface area contributed by atoms with E-state index < -0.39 is 0 Å². The molecule has 0 unspecified atom stereocenters. The Morgan fingerprint density at radius 2 is 2.36 bits per heavy atom. The number of aromatic nitrogens is 3. The summed E-state index contributed by atoms with van der Waals surface area (Å²) in [6, 6.07) is 1.82. The van der Waals surface area contributed by atoms with Crippen molar-refractivity contribution in [1.82, 2.24) is 24.9 Å². The molecule has 4 heterocycles. The molecule has 134 valence electrons. The molecule has 8 nitrogen and oxygen atoms in total. The van der Waals surface area contributed by atoms with Gasteiger partial charge in [-0.15, -0.1) is 0 Å². The first kappa shape index (κ1) is 16.3. The maximum atomic E-state index is 12.0. The summed E-state index contributed by atoms with van der Waals surface area (Å²) in [7, 11) is 0. The molecule has 0 spiro atoms. The Morgan fingerprint density at radius 3 is 3.12 bits per heavy atom. The van der Waals surface area contributed by atoms with Crippen LogP contribution in [0.5, 0.6) is 0 Å². The van der Waals surface area contributed by atoms with Crippen LogP contribution in [0.4, 0.5) is 0 Å². The van der Waals surface area contributed by atoms with Gasteiger partial charge in [-0.2, -0.15) is 0 Å². The van der Waals surface area contributed by atoms with Crippen LogP contribution in [0.15, 0.2) is 23.0 Å². The van der Waals surface area contributed by atoms with Crippen LogP contribution < -0.4 is 5.32 Å². The molecular weight excluding hydrogens is 322 g/mol. The summed E-state index contributed by atoms with van der Waals surface area (Å²) in [5.41, 5.74) is 1.01. The van der Waals surface area contributed by atoms with Crippen LogP contribution in [0.25, 0.3) is 0 Å². The topological polar surface area (TPSA) is 85.4 Å². The SMILES string of the molecule is C[C@@H]1c2ncc(CNC(=O)c3ccno3)n2CCN1C[C@H]1CCOC1. The molecule has 1 saturated heterocycles. The second-order valence-electron chi connectivity index (χ2n) is 6.72. The van der Waals surface area contributed by atoms with Gasteiger partial charge in [-0.05, 0) is 19.3 Å². The zero-order valence-electron chi connectivity index (χ0n) is 14.4. The minimum atomic E-state index is -0.264. The average Bonchev–Trinajstić information content (AvgIpc) is 3.37. The van der Waals surface area contributed by atoms with Crippen LogP contribution >= 0.6 is 0 Å². The Morgan fingerprint density at radius 1 is 1.44 bits per heavy atom. The van der Waals surface area contributed by atoms with Gasteiger partial charge in [0, 0.05) is 32.3 Å². The standard InChI is InChI=1S/C17H23N5O3/c1-12-16-18-8-14(9-19-17(23)15-2-4-20-25-15)22(16)6-5-21(12)10-13-3-7-24-11-13/h2,4,8,12-13H,3,5-7,9-11H2,1H3,(H,19,23)/t12-,13-/m1/s1. The number of hydrogen-bond donors (Lipinski definition) is 1. The third-order valence-electron chi connectivity index (χ3n) is 5.11. The van der Waals surface area contributed by atoms with E-state index in [0.717, 1.165) is 50.8 Å². The van der Waals surface area contributed by atoms with E-state index in [1.807, 2.05) is 6.20 Å². The third-order valence-corrected chi connectivity index (χ3v) is 5.11. The summed E-state index contributed by atoms with van der Waals surface area (Å²) in [5.74, 6) is 1.65. The summed E-state index contributed by atoms with van der Waals surface area (Å²) in [5, 5.41) is 6.41. The van der Waals surface area contributed by atoms with E-state index in [0.29, 0.717) is 12.5 Å². The number of rotatable bonds is 5. The van der Waals surface area contributed by atoms with Gasteiger partial charge in [0.2, 0.25) is 5.76 Å². The van der Waals surface area contributed by atoms with Crippen LogP contribution in [0, 0.1) is 5.92 Å². The van der Waals surface area contributed by atoms with Gasteiger partial charge in [0.1, 0.15) is 5.82 Å². The number of ether oxygens (including phenoxy) is 1. The van der Waals surface area contributed by atoms with Crippen molar-refractivity contribution in [2.45, 2.75) is 32.5 Å². The fraction of sp³-hybridized carbons (Fsp3) is 0.588. The molecule has 25 heavy (non-hydrogen) atoms. The normalized spacial score (nSPS) is 23.6. The lowest BCUT2D eigenvalue weighted by atomic mass is 10.1. The number of fused-ring (bicyclic) bond motifs is 1. The highest BCUT2D eigenvalue weighted by Gasteiger charge is 2.29. The van der Waals surface area contributed by atoms with Gasteiger partial charge in [0.15, 0.2) is 0 Å². The molecule has 8 heteroatoms. The Balaban J connectivity index is 1.40. The highest BCUT2D eigenvalue weighted by atomic mass is 16.5. The molecule has 0 bridgehead atoms. The Kier molecular flexibility index (Phi) is 4.54. The van der Waals surface area contributed by atoms with Crippen LogP contribution in [-0.4, -0.2) is 51.8 Å². The molecule has 4 rings (SSSR count). The number of nitrogens with one attached hydrogen (secondary N) is 1.